The Balaban J connectivity index is 1.92. The lowest BCUT2D eigenvalue weighted by Crippen LogP contribution is -2.30. The minimum Gasteiger partial charge on any atom is -0.307 e. The molecule has 1 nitrogen and oxygen atoms in total. The molecule has 0 aliphatic carbocycles. The molecule has 2 aromatic carbocycles. The first kappa shape index (κ1) is 15.6. The van der Waals surface area contributed by atoms with Gasteiger partial charge in [-0.15, -0.1) is 0 Å². The number of benzene rings is 2. The van der Waals surface area contributed by atoms with Crippen molar-refractivity contribution in [3.8, 4) is 0 Å². The van der Waals surface area contributed by atoms with Crippen LogP contribution in [0.1, 0.15) is 31.0 Å². The quantitative estimate of drug-likeness (QED) is 0.761. The van der Waals surface area contributed by atoms with E-state index < -0.39 is 0 Å². The van der Waals surface area contributed by atoms with Crippen molar-refractivity contribution in [2.24, 2.45) is 0 Å². The first-order valence-corrected chi connectivity index (χ1v) is 7.97. The molecule has 20 heavy (non-hydrogen) atoms. The first-order valence-electron chi connectivity index (χ1n) is 6.80. The lowest BCUT2D eigenvalue weighted by atomic mass is 10.0. The number of hydrogen-bond donors (Lipinski definition) is 1. The van der Waals surface area contributed by atoms with E-state index in [-0.39, 0.29) is 0 Å². The van der Waals surface area contributed by atoms with Crippen LogP contribution in [0.4, 0.5) is 0 Å². The predicted octanol–water partition coefficient (Wildman–Crippen LogP) is 5.38. The Morgan fingerprint density at radius 3 is 2.20 bits per heavy atom. The molecule has 2 aromatic rings. The summed E-state index contributed by atoms with van der Waals surface area (Å²) in [6.45, 7) is 4.40. The zero-order chi connectivity index (χ0) is 14.5. The molecule has 0 saturated carbocycles. The van der Waals surface area contributed by atoms with Crippen molar-refractivity contribution in [3.05, 3.63) is 69.2 Å². The van der Waals surface area contributed by atoms with E-state index in [1.807, 2.05) is 12.1 Å². The molecule has 3 heteroatoms. The van der Waals surface area contributed by atoms with Crippen LogP contribution < -0.4 is 5.32 Å². The van der Waals surface area contributed by atoms with E-state index >= 15 is 0 Å². The second kappa shape index (κ2) is 7.26. The molecule has 106 valence electrons. The van der Waals surface area contributed by atoms with Gasteiger partial charge in [0.15, 0.2) is 0 Å². The molecular weight excluding hydrogens is 334 g/mol. The molecule has 0 radical (unpaired) electrons. The third-order valence-electron chi connectivity index (χ3n) is 3.36. The van der Waals surface area contributed by atoms with Gasteiger partial charge in [-0.3, -0.25) is 0 Å². The molecule has 0 saturated heterocycles. The topological polar surface area (TPSA) is 12.0 Å². The van der Waals surface area contributed by atoms with Crippen LogP contribution in [-0.4, -0.2) is 6.04 Å². The zero-order valence-electron chi connectivity index (χ0n) is 11.7. The van der Waals surface area contributed by atoms with Gasteiger partial charge in [0.1, 0.15) is 0 Å². The molecule has 2 unspecified atom stereocenters. The molecule has 0 aromatic heterocycles. The van der Waals surface area contributed by atoms with E-state index in [9.17, 15) is 0 Å². The normalized spacial score (nSPS) is 14.0. The molecule has 0 heterocycles. The molecule has 1 N–H and O–H groups in total. The fraction of sp³-hybridized carbons (Fsp3) is 0.294. The summed E-state index contributed by atoms with van der Waals surface area (Å²) in [5.74, 6) is 0. The van der Waals surface area contributed by atoms with Gasteiger partial charge in [-0.1, -0.05) is 51.8 Å². The summed E-state index contributed by atoms with van der Waals surface area (Å²) in [5, 5.41) is 4.41. The fourth-order valence-electron chi connectivity index (χ4n) is 2.31. The summed E-state index contributed by atoms with van der Waals surface area (Å²) < 4.78 is 1.12. The average Bonchev–Trinajstić information content (AvgIpc) is 2.42. The third kappa shape index (κ3) is 4.62. The fourth-order valence-corrected chi connectivity index (χ4v) is 2.70. The van der Waals surface area contributed by atoms with Crippen LogP contribution in [0.25, 0.3) is 0 Å². The Labute approximate surface area is 134 Å². The van der Waals surface area contributed by atoms with E-state index in [1.54, 1.807) is 0 Å². The number of rotatable bonds is 5. The van der Waals surface area contributed by atoms with Crippen LogP contribution in [0.15, 0.2) is 53.0 Å². The van der Waals surface area contributed by atoms with Crippen molar-refractivity contribution in [3.63, 3.8) is 0 Å². The van der Waals surface area contributed by atoms with Gasteiger partial charge in [-0.25, -0.2) is 0 Å². The van der Waals surface area contributed by atoms with E-state index in [4.69, 9.17) is 11.6 Å². The van der Waals surface area contributed by atoms with Crippen LogP contribution in [-0.2, 0) is 6.42 Å². The van der Waals surface area contributed by atoms with Crippen LogP contribution in [0.5, 0.6) is 0 Å². The second-order valence-electron chi connectivity index (χ2n) is 5.17. The maximum absolute atomic E-state index is 5.92. The summed E-state index contributed by atoms with van der Waals surface area (Å²) in [5.41, 5.74) is 2.61. The minimum atomic E-state index is 0.317. The molecule has 0 aliphatic heterocycles. The SMILES string of the molecule is CC(Cc1ccc(Br)cc1)NC(C)c1ccc(Cl)cc1. The van der Waals surface area contributed by atoms with Crippen molar-refractivity contribution < 1.29 is 0 Å². The van der Waals surface area contributed by atoms with Gasteiger partial charge in [0.2, 0.25) is 0 Å². The highest BCUT2D eigenvalue weighted by atomic mass is 79.9. The van der Waals surface area contributed by atoms with E-state index in [1.165, 1.54) is 11.1 Å². The molecule has 2 atom stereocenters. The van der Waals surface area contributed by atoms with Crippen LogP contribution in [0.2, 0.25) is 5.02 Å². The van der Waals surface area contributed by atoms with Crippen molar-refractivity contribution in [1.29, 1.82) is 0 Å². The van der Waals surface area contributed by atoms with Gasteiger partial charge in [-0.2, -0.15) is 0 Å². The summed E-state index contributed by atoms with van der Waals surface area (Å²) in [6.07, 6.45) is 1.02. The van der Waals surface area contributed by atoms with Gasteiger partial charge < -0.3 is 5.32 Å². The highest BCUT2D eigenvalue weighted by molar-refractivity contribution is 9.10. The Hall–Kier alpha value is -0.830. The van der Waals surface area contributed by atoms with Crippen molar-refractivity contribution in [2.45, 2.75) is 32.4 Å². The largest absolute Gasteiger partial charge is 0.307 e. The maximum atomic E-state index is 5.92. The molecule has 0 fully saturated rings. The van der Waals surface area contributed by atoms with Gasteiger partial charge in [0.25, 0.3) is 0 Å². The Kier molecular flexibility index (Phi) is 5.64. The van der Waals surface area contributed by atoms with Crippen molar-refractivity contribution in [2.75, 3.05) is 0 Å². The van der Waals surface area contributed by atoms with E-state index in [0.717, 1.165) is 15.9 Å². The average molecular weight is 353 g/mol. The first-order chi connectivity index (χ1) is 9.54. The molecule has 0 aliphatic rings. The number of nitrogens with one attached hydrogen (secondary N) is 1. The van der Waals surface area contributed by atoms with E-state index in [2.05, 4.69) is 71.5 Å². The minimum absolute atomic E-state index is 0.317. The van der Waals surface area contributed by atoms with Crippen LogP contribution >= 0.6 is 27.5 Å². The van der Waals surface area contributed by atoms with E-state index in [0.29, 0.717) is 12.1 Å². The van der Waals surface area contributed by atoms with Gasteiger partial charge in [-0.05, 0) is 55.7 Å². The summed E-state index contributed by atoms with van der Waals surface area (Å²) in [6, 6.07) is 17.3. The summed E-state index contributed by atoms with van der Waals surface area (Å²) in [4.78, 5) is 0. The smallest absolute Gasteiger partial charge is 0.0406 e. The predicted molar refractivity (Wildman–Crippen MR) is 90.3 cm³/mol. The molecular formula is C17H19BrClN. The number of hydrogen-bond acceptors (Lipinski definition) is 1. The highest BCUT2D eigenvalue weighted by Crippen LogP contribution is 2.17. The Morgan fingerprint density at radius 2 is 1.60 bits per heavy atom. The standard InChI is InChI=1S/C17H19BrClN/c1-12(11-14-3-7-16(18)8-4-14)20-13(2)15-5-9-17(19)10-6-15/h3-10,12-13,20H,11H2,1-2H3. The lowest BCUT2D eigenvalue weighted by Gasteiger charge is -2.20. The van der Waals surface area contributed by atoms with Crippen molar-refractivity contribution >= 4 is 27.5 Å². The molecule has 0 amide bonds. The van der Waals surface area contributed by atoms with Gasteiger partial charge >= 0.3 is 0 Å². The highest BCUT2D eigenvalue weighted by Gasteiger charge is 2.10. The number of halogens is 2. The summed E-state index contributed by atoms with van der Waals surface area (Å²) in [7, 11) is 0. The second-order valence-corrected chi connectivity index (χ2v) is 6.52. The third-order valence-corrected chi connectivity index (χ3v) is 4.14. The Morgan fingerprint density at radius 1 is 1.00 bits per heavy atom. The molecule has 0 bridgehead atoms. The van der Waals surface area contributed by atoms with Gasteiger partial charge in [0.05, 0.1) is 0 Å². The monoisotopic (exact) mass is 351 g/mol. The lowest BCUT2D eigenvalue weighted by molar-refractivity contribution is 0.477. The zero-order valence-corrected chi connectivity index (χ0v) is 14.1. The molecule has 0 spiro atoms. The van der Waals surface area contributed by atoms with Crippen LogP contribution in [0, 0.1) is 0 Å². The van der Waals surface area contributed by atoms with Gasteiger partial charge in [0, 0.05) is 21.6 Å². The Bertz CT molecular complexity index is 536. The van der Waals surface area contributed by atoms with Crippen LogP contribution in [0.3, 0.4) is 0 Å². The maximum Gasteiger partial charge on any atom is 0.0406 e. The van der Waals surface area contributed by atoms with Crippen molar-refractivity contribution in [1.82, 2.24) is 5.32 Å². The molecule has 2 rings (SSSR count). The summed E-state index contributed by atoms with van der Waals surface area (Å²) >= 11 is 9.38.